The number of rotatable bonds is 9. The summed E-state index contributed by atoms with van der Waals surface area (Å²) in [6.45, 7) is 3.40. The number of halogens is 2. The number of carbonyl (C=O) groups is 5. The van der Waals surface area contributed by atoms with Crippen LogP contribution in [0.25, 0.3) is 6.08 Å². The molecule has 3 aromatic rings. The molecule has 0 radical (unpaired) electrons. The van der Waals surface area contributed by atoms with Gasteiger partial charge in [-0.2, -0.15) is 0 Å². The van der Waals surface area contributed by atoms with Crippen LogP contribution in [0.2, 0.25) is 10.0 Å². The molecule has 0 aromatic heterocycles. The SMILES string of the molecule is CC[C@H](C)[C@H](N)C(=O)O.O=C(O)C=Cc1ccc(O)cc1.O=C(O)CNC(=O)c1ccccc1.O=C(O)c1cccc(Cl)c1Cl. The molecular weight excluding hydrogens is 631 g/mol. The zero-order valence-electron chi connectivity index (χ0n) is 24.3. The lowest BCUT2D eigenvalue weighted by atomic mass is 10.0. The third-order valence-electron chi connectivity index (χ3n) is 5.47. The molecule has 0 spiro atoms. The average molecular weight is 666 g/mol. The van der Waals surface area contributed by atoms with Crippen molar-refractivity contribution in [3.63, 3.8) is 0 Å². The van der Waals surface area contributed by atoms with Crippen LogP contribution < -0.4 is 11.1 Å². The molecule has 12 nitrogen and oxygen atoms in total. The van der Waals surface area contributed by atoms with Gasteiger partial charge in [-0.3, -0.25) is 14.4 Å². The molecule has 0 aliphatic heterocycles. The minimum Gasteiger partial charge on any atom is -0.508 e. The summed E-state index contributed by atoms with van der Waals surface area (Å²) in [5, 5.41) is 45.0. The number of aromatic carboxylic acids is 1. The Bertz CT molecular complexity index is 1430. The Hall–Kier alpha value is -4.91. The number of phenolic OH excluding ortho intramolecular Hbond substituents is 1. The Morgan fingerprint density at radius 1 is 0.867 bits per heavy atom. The predicted molar refractivity (Wildman–Crippen MR) is 170 cm³/mol. The molecule has 8 N–H and O–H groups in total. The summed E-state index contributed by atoms with van der Waals surface area (Å²) in [5.41, 5.74) is 6.51. The zero-order chi connectivity index (χ0) is 34.5. The lowest BCUT2D eigenvalue weighted by Crippen LogP contribution is -2.36. The molecule has 3 rings (SSSR count). The summed E-state index contributed by atoms with van der Waals surface area (Å²) in [7, 11) is 0. The number of nitrogens with one attached hydrogen (secondary N) is 1. The van der Waals surface area contributed by atoms with E-state index in [9.17, 15) is 24.0 Å². The molecule has 242 valence electrons. The highest BCUT2D eigenvalue weighted by Gasteiger charge is 2.17. The van der Waals surface area contributed by atoms with E-state index in [-0.39, 0.29) is 39.7 Å². The molecule has 45 heavy (non-hydrogen) atoms. The van der Waals surface area contributed by atoms with E-state index in [4.69, 9.17) is 54.5 Å². The quantitative estimate of drug-likeness (QED) is 0.148. The molecule has 2 atom stereocenters. The van der Waals surface area contributed by atoms with E-state index in [2.05, 4.69) is 5.32 Å². The highest BCUT2D eigenvalue weighted by Crippen LogP contribution is 2.25. The average Bonchev–Trinajstić information content (AvgIpc) is 3.01. The Kier molecular flexibility index (Phi) is 19.4. The molecule has 1 amide bonds. The third kappa shape index (κ3) is 17.7. The molecule has 3 aromatic carbocycles. The predicted octanol–water partition coefficient (Wildman–Crippen LogP) is 5.13. The topological polar surface area (TPSA) is 225 Å². The number of carbonyl (C=O) groups excluding carboxylic acids is 1. The lowest BCUT2D eigenvalue weighted by Gasteiger charge is -2.11. The van der Waals surface area contributed by atoms with Gasteiger partial charge in [0.05, 0.1) is 15.6 Å². The minimum absolute atomic E-state index is 0.0270. The van der Waals surface area contributed by atoms with Gasteiger partial charge in [0, 0.05) is 11.6 Å². The van der Waals surface area contributed by atoms with Crippen LogP contribution in [0.1, 0.15) is 46.5 Å². The van der Waals surface area contributed by atoms with Crippen molar-refractivity contribution in [2.24, 2.45) is 11.7 Å². The van der Waals surface area contributed by atoms with Gasteiger partial charge in [0.1, 0.15) is 18.3 Å². The van der Waals surface area contributed by atoms with Crippen LogP contribution in [-0.4, -0.2) is 67.9 Å². The summed E-state index contributed by atoms with van der Waals surface area (Å²) >= 11 is 11.1. The fourth-order valence-electron chi connectivity index (χ4n) is 2.77. The van der Waals surface area contributed by atoms with E-state index in [1.165, 1.54) is 36.4 Å². The maximum Gasteiger partial charge on any atom is 0.337 e. The summed E-state index contributed by atoms with van der Waals surface area (Å²) < 4.78 is 0. The van der Waals surface area contributed by atoms with E-state index in [1.54, 1.807) is 42.5 Å². The van der Waals surface area contributed by atoms with E-state index in [1.807, 2.05) is 13.8 Å². The number of amides is 1. The first-order valence-electron chi connectivity index (χ1n) is 13.0. The number of nitrogens with two attached hydrogens (primary N) is 1. The molecule has 0 fully saturated rings. The number of phenols is 1. The molecule has 0 bridgehead atoms. The van der Waals surface area contributed by atoms with Crippen molar-refractivity contribution in [1.82, 2.24) is 5.32 Å². The first-order chi connectivity index (χ1) is 21.1. The van der Waals surface area contributed by atoms with Crippen LogP contribution in [-0.2, 0) is 14.4 Å². The van der Waals surface area contributed by atoms with Crippen molar-refractivity contribution < 1.29 is 49.5 Å². The smallest absolute Gasteiger partial charge is 0.337 e. The highest BCUT2D eigenvalue weighted by atomic mass is 35.5. The number of hydrogen-bond donors (Lipinski definition) is 7. The normalized spacial score (nSPS) is 11.1. The van der Waals surface area contributed by atoms with Crippen molar-refractivity contribution in [2.45, 2.75) is 26.3 Å². The maximum atomic E-state index is 11.2. The Morgan fingerprint density at radius 3 is 1.87 bits per heavy atom. The van der Waals surface area contributed by atoms with E-state index < -0.39 is 29.9 Å². The van der Waals surface area contributed by atoms with Gasteiger partial charge in [-0.15, -0.1) is 0 Å². The zero-order valence-corrected chi connectivity index (χ0v) is 25.8. The minimum atomic E-state index is -1.07. The molecule has 0 unspecified atom stereocenters. The van der Waals surface area contributed by atoms with Crippen molar-refractivity contribution in [1.29, 1.82) is 0 Å². The van der Waals surface area contributed by atoms with Gasteiger partial charge in [0.2, 0.25) is 0 Å². The summed E-state index contributed by atoms with van der Waals surface area (Å²) in [4.78, 5) is 52.0. The summed E-state index contributed by atoms with van der Waals surface area (Å²) in [6.07, 6.45) is 3.32. The van der Waals surface area contributed by atoms with Crippen molar-refractivity contribution in [3.05, 3.63) is 106 Å². The Morgan fingerprint density at radius 2 is 1.44 bits per heavy atom. The number of carboxylic acids is 4. The van der Waals surface area contributed by atoms with E-state index in [0.29, 0.717) is 5.56 Å². The van der Waals surface area contributed by atoms with Gasteiger partial charge in [0.15, 0.2) is 0 Å². The fourth-order valence-corrected chi connectivity index (χ4v) is 3.15. The van der Waals surface area contributed by atoms with E-state index >= 15 is 0 Å². The number of aromatic hydroxyl groups is 1. The first-order valence-corrected chi connectivity index (χ1v) is 13.8. The second-order valence-corrected chi connectivity index (χ2v) is 9.65. The molecule has 0 saturated carbocycles. The summed E-state index contributed by atoms with van der Waals surface area (Å²) in [5.74, 6) is -4.15. The highest BCUT2D eigenvalue weighted by molar-refractivity contribution is 6.43. The van der Waals surface area contributed by atoms with Gasteiger partial charge in [-0.25, -0.2) is 9.59 Å². The molecule has 14 heteroatoms. The largest absolute Gasteiger partial charge is 0.508 e. The molecule has 0 aliphatic rings. The second-order valence-electron chi connectivity index (χ2n) is 8.86. The molecule has 0 aliphatic carbocycles. The standard InChI is InChI=1S/C9H9NO3.C9H8O3.C7H4Cl2O2.C6H13NO2/c11-8(12)6-10-9(13)7-4-2-1-3-5-7;10-8-4-1-7(2-5-8)3-6-9(11)12;8-5-3-1-2-4(6(5)9)7(10)11;1-3-4(2)5(7)6(8)9/h1-5H,6H2,(H,10,13)(H,11,12);1-6,10H,(H,11,12);1-3H,(H,10,11);4-5H,3,7H2,1-2H3,(H,8,9)/t;;;4-,5-/m...0/s1. The van der Waals surface area contributed by atoms with Crippen LogP contribution in [0.5, 0.6) is 5.75 Å². The lowest BCUT2D eigenvalue weighted by molar-refractivity contribution is -0.140. The van der Waals surface area contributed by atoms with E-state index in [0.717, 1.165) is 18.1 Å². The Balaban J connectivity index is 0.000000579. The number of carboxylic acid groups (broad SMARTS) is 4. The monoisotopic (exact) mass is 664 g/mol. The molecule has 0 heterocycles. The van der Waals surface area contributed by atoms with Crippen LogP contribution in [0.3, 0.4) is 0 Å². The van der Waals surface area contributed by atoms with Crippen molar-refractivity contribution in [2.75, 3.05) is 6.54 Å². The van der Waals surface area contributed by atoms with Crippen LogP contribution >= 0.6 is 23.2 Å². The van der Waals surface area contributed by atoms with Crippen molar-refractivity contribution >= 4 is 59.1 Å². The van der Waals surface area contributed by atoms with Crippen molar-refractivity contribution in [3.8, 4) is 5.75 Å². The van der Waals surface area contributed by atoms with Gasteiger partial charge in [-0.05, 0) is 54.0 Å². The second kappa shape index (κ2) is 21.7. The fraction of sp³-hybridized carbons (Fsp3) is 0.194. The van der Waals surface area contributed by atoms with Gasteiger partial charge in [0.25, 0.3) is 5.91 Å². The molecule has 0 saturated heterocycles. The Labute approximate surface area is 269 Å². The number of aliphatic carboxylic acids is 3. The van der Waals surface area contributed by atoms with Gasteiger partial charge >= 0.3 is 23.9 Å². The van der Waals surface area contributed by atoms with Gasteiger partial charge in [-0.1, -0.05) is 79.9 Å². The van der Waals surface area contributed by atoms with Gasteiger partial charge < -0.3 is 36.6 Å². The third-order valence-corrected chi connectivity index (χ3v) is 6.29. The maximum absolute atomic E-state index is 11.2. The number of benzene rings is 3. The number of hydrogen-bond acceptors (Lipinski definition) is 7. The molecular formula is C31H34Cl2N2O10. The first kappa shape index (κ1) is 40.1. The summed E-state index contributed by atoms with van der Waals surface area (Å²) in [6, 6.07) is 18.5. The van der Waals surface area contributed by atoms with Crippen LogP contribution in [0.15, 0.2) is 78.9 Å². The van der Waals surface area contributed by atoms with Crippen LogP contribution in [0.4, 0.5) is 0 Å². The van der Waals surface area contributed by atoms with Crippen LogP contribution in [0, 0.1) is 5.92 Å².